The number of phosphoric acid groups is 1. The normalized spacial score (nSPS) is 14.9. The monoisotopic (exact) mass is 804 g/mol. The number of nitrogens with two attached hydrogens (primary N) is 1. The topological polar surface area (TPSA) is 155 Å². The summed E-state index contributed by atoms with van der Waals surface area (Å²) in [5.41, 5.74) is 5.33. The Kier molecular flexibility index (Phi) is 37.9. The van der Waals surface area contributed by atoms with Crippen molar-refractivity contribution in [1.82, 2.24) is 0 Å². The van der Waals surface area contributed by atoms with Crippen LogP contribution in [0.25, 0.3) is 0 Å². The van der Waals surface area contributed by atoms with Gasteiger partial charge in [-0.1, -0.05) is 137 Å². The van der Waals surface area contributed by atoms with Crippen molar-refractivity contribution in [1.29, 1.82) is 0 Å². The molecule has 0 rings (SSSR count). The minimum absolute atomic E-state index is 0.0308. The van der Waals surface area contributed by atoms with Crippen molar-refractivity contribution in [2.45, 2.75) is 148 Å². The molecule has 0 heterocycles. The fraction of sp³-hybridized carbons (Fsp3) is 0.600. The number of carbonyl (C=O) groups excluding carboxylic acids is 2. The van der Waals surface area contributed by atoms with E-state index >= 15 is 0 Å². The standard InChI is InChI=1S/C45H74NO9P/c1-3-5-7-8-9-10-11-12-13-14-15-16-17-18-19-22-26-29-33-37-45(49)55-43(41-54-56(50,51)53-39-38-46)40-52-44(48)36-32-28-25-23-20-21-24-27-31-35-42(47)34-30-6-4-2/h5-7,9-10,12-13,15-16,18-19,24,27,30-31,35,42-43,47H,3-4,8,11,14,17,20-23,25-26,28-29,32-34,36-41,46H2,1-2H3,(H,50,51)/b7-5-,10-9-,13-12-,16-15-,19-18-,27-24+,30-6+,35-31+/t42?,43-/m1/s1. The highest BCUT2D eigenvalue weighted by Gasteiger charge is 2.26. The molecule has 0 radical (unpaired) electrons. The molecule has 0 aromatic carbocycles. The molecule has 0 aliphatic heterocycles. The van der Waals surface area contributed by atoms with E-state index in [-0.39, 0.29) is 32.6 Å². The quantitative estimate of drug-likeness (QED) is 0.0182. The minimum atomic E-state index is -4.41. The highest BCUT2D eigenvalue weighted by atomic mass is 31.2. The van der Waals surface area contributed by atoms with Crippen molar-refractivity contribution in [3.63, 3.8) is 0 Å². The highest BCUT2D eigenvalue weighted by molar-refractivity contribution is 7.47. The smallest absolute Gasteiger partial charge is 0.462 e. The maximum absolute atomic E-state index is 12.6. The Hall–Kier alpha value is -3.11. The molecule has 0 bridgehead atoms. The Morgan fingerprint density at radius 2 is 1.14 bits per heavy atom. The van der Waals surface area contributed by atoms with Gasteiger partial charge in [0, 0.05) is 19.4 Å². The molecule has 0 aliphatic carbocycles. The molecule has 11 heteroatoms. The lowest BCUT2D eigenvalue weighted by atomic mass is 10.1. The fourth-order valence-electron chi connectivity index (χ4n) is 4.99. The summed E-state index contributed by atoms with van der Waals surface area (Å²) in [5.74, 6) is -0.932. The van der Waals surface area contributed by atoms with E-state index in [1.165, 1.54) is 0 Å². The summed E-state index contributed by atoms with van der Waals surface area (Å²) < 4.78 is 32.7. The summed E-state index contributed by atoms with van der Waals surface area (Å²) >= 11 is 0. The summed E-state index contributed by atoms with van der Waals surface area (Å²) in [6, 6.07) is 0. The summed E-state index contributed by atoms with van der Waals surface area (Å²) in [6.45, 7) is 3.29. The first kappa shape index (κ1) is 52.9. The first-order chi connectivity index (χ1) is 27.2. The molecular weight excluding hydrogens is 729 g/mol. The minimum Gasteiger partial charge on any atom is -0.462 e. The number of rotatable bonds is 37. The highest BCUT2D eigenvalue weighted by Crippen LogP contribution is 2.43. The number of hydrogen-bond donors (Lipinski definition) is 3. The van der Waals surface area contributed by atoms with Crippen LogP contribution in [-0.4, -0.2) is 60.5 Å². The van der Waals surface area contributed by atoms with E-state index < -0.39 is 38.6 Å². The van der Waals surface area contributed by atoms with Gasteiger partial charge in [0.05, 0.1) is 19.3 Å². The first-order valence-electron chi connectivity index (χ1n) is 20.8. The van der Waals surface area contributed by atoms with Gasteiger partial charge < -0.3 is 25.2 Å². The van der Waals surface area contributed by atoms with Crippen LogP contribution in [0.15, 0.2) is 97.2 Å². The van der Waals surface area contributed by atoms with Crippen LogP contribution in [-0.2, 0) is 32.7 Å². The second-order valence-corrected chi connectivity index (χ2v) is 14.7. The van der Waals surface area contributed by atoms with Gasteiger partial charge in [-0.15, -0.1) is 0 Å². The van der Waals surface area contributed by atoms with Crippen molar-refractivity contribution in [2.75, 3.05) is 26.4 Å². The average Bonchev–Trinajstić information content (AvgIpc) is 3.18. The Balaban J connectivity index is 4.34. The summed E-state index contributed by atoms with van der Waals surface area (Å²) in [4.78, 5) is 34.8. The van der Waals surface area contributed by atoms with Crippen molar-refractivity contribution in [2.24, 2.45) is 5.73 Å². The number of hydrogen-bond acceptors (Lipinski definition) is 9. The van der Waals surface area contributed by atoms with E-state index in [9.17, 15) is 24.2 Å². The lowest BCUT2D eigenvalue weighted by Crippen LogP contribution is -2.29. The van der Waals surface area contributed by atoms with E-state index in [1.54, 1.807) is 6.08 Å². The van der Waals surface area contributed by atoms with Crippen LogP contribution < -0.4 is 5.73 Å². The van der Waals surface area contributed by atoms with Gasteiger partial charge in [0.1, 0.15) is 6.61 Å². The number of allylic oxidation sites excluding steroid dienone is 14. The van der Waals surface area contributed by atoms with Crippen molar-refractivity contribution in [3.8, 4) is 0 Å². The molecule has 0 spiro atoms. The van der Waals surface area contributed by atoms with Crippen LogP contribution >= 0.6 is 7.82 Å². The van der Waals surface area contributed by atoms with Crippen LogP contribution in [0.5, 0.6) is 0 Å². The predicted molar refractivity (Wildman–Crippen MR) is 230 cm³/mol. The lowest BCUT2D eigenvalue weighted by Gasteiger charge is -2.19. The summed E-state index contributed by atoms with van der Waals surface area (Å²) in [6.07, 6.45) is 47.7. The van der Waals surface area contributed by atoms with Crippen LogP contribution in [0, 0.1) is 0 Å². The Morgan fingerprint density at radius 3 is 1.77 bits per heavy atom. The van der Waals surface area contributed by atoms with Gasteiger partial charge in [-0.05, 0) is 83.5 Å². The van der Waals surface area contributed by atoms with Crippen LogP contribution in [0.4, 0.5) is 0 Å². The second-order valence-electron chi connectivity index (χ2n) is 13.3. The second kappa shape index (κ2) is 40.1. The zero-order chi connectivity index (χ0) is 41.2. The largest absolute Gasteiger partial charge is 0.472 e. The maximum Gasteiger partial charge on any atom is 0.472 e. The fourth-order valence-corrected chi connectivity index (χ4v) is 5.75. The molecule has 0 amide bonds. The van der Waals surface area contributed by atoms with E-state index in [1.807, 2.05) is 24.3 Å². The molecule has 0 aromatic heterocycles. The van der Waals surface area contributed by atoms with Crippen LogP contribution in [0.2, 0.25) is 0 Å². The number of ether oxygens (including phenoxy) is 2. The molecule has 56 heavy (non-hydrogen) atoms. The SMILES string of the molecule is CC/C=C\C/C=C\C/C=C\C/C=C\C/C=C\CCCCCC(=O)O[C@H](COC(=O)CCCCCCC/C=C/C=C/C(O)C/C=C/CC)COP(=O)(O)OCCN. The van der Waals surface area contributed by atoms with Crippen molar-refractivity contribution < 1.29 is 42.7 Å². The van der Waals surface area contributed by atoms with Gasteiger partial charge in [-0.3, -0.25) is 18.6 Å². The molecule has 0 aliphatic rings. The zero-order valence-corrected chi connectivity index (χ0v) is 35.3. The molecule has 2 unspecified atom stereocenters. The third-order valence-corrected chi connectivity index (χ3v) is 9.03. The molecule has 3 atom stereocenters. The van der Waals surface area contributed by atoms with E-state index in [0.29, 0.717) is 19.3 Å². The molecule has 318 valence electrons. The van der Waals surface area contributed by atoms with Gasteiger partial charge in [-0.25, -0.2) is 4.57 Å². The van der Waals surface area contributed by atoms with Crippen molar-refractivity contribution >= 4 is 19.8 Å². The van der Waals surface area contributed by atoms with Crippen LogP contribution in [0.1, 0.15) is 136 Å². The molecule has 10 nitrogen and oxygen atoms in total. The van der Waals surface area contributed by atoms with Gasteiger partial charge in [0.15, 0.2) is 6.10 Å². The first-order valence-corrected chi connectivity index (χ1v) is 22.3. The Morgan fingerprint density at radius 1 is 0.625 bits per heavy atom. The average molecular weight is 804 g/mol. The molecule has 0 fully saturated rings. The lowest BCUT2D eigenvalue weighted by molar-refractivity contribution is -0.161. The predicted octanol–water partition coefficient (Wildman–Crippen LogP) is 10.8. The van der Waals surface area contributed by atoms with E-state index in [2.05, 4.69) is 80.7 Å². The summed E-state index contributed by atoms with van der Waals surface area (Å²) in [5, 5.41) is 9.86. The van der Waals surface area contributed by atoms with Gasteiger partial charge in [0.25, 0.3) is 0 Å². The number of esters is 2. The number of phosphoric ester groups is 1. The molecule has 4 N–H and O–H groups in total. The van der Waals surface area contributed by atoms with Gasteiger partial charge >= 0.3 is 19.8 Å². The zero-order valence-electron chi connectivity index (χ0n) is 34.4. The number of aliphatic hydroxyl groups excluding tert-OH is 1. The number of carbonyl (C=O) groups is 2. The third kappa shape index (κ3) is 39.1. The third-order valence-electron chi connectivity index (χ3n) is 8.05. The summed E-state index contributed by atoms with van der Waals surface area (Å²) in [7, 11) is -4.41. The van der Waals surface area contributed by atoms with E-state index in [4.69, 9.17) is 24.3 Å². The number of aliphatic hydroxyl groups is 1. The Labute approximate surface area is 339 Å². The molecule has 0 saturated carbocycles. The molecule has 0 aromatic rings. The number of unbranched alkanes of at least 4 members (excludes halogenated alkanes) is 8. The molecular formula is C45H74NO9P. The maximum atomic E-state index is 12.6. The van der Waals surface area contributed by atoms with Crippen molar-refractivity contribution in [3.05, 3.63) is 97.2 Å². The Bertz CT molecular complexity index is 1250. The van der Waals surface area contributed by atoms with Gasteiger partial charge in [-0.2, -0.15) is 0 Å². The molecule has 0 saturated heterocycles. The van der Waals surface area contributed by atoms with Gasteiger partial charge in [0.2, 0.25) is 0 Å². The van der Waals surface area contributed by atoms with E-state index in [0.717, 1.165) is 89.9 Å². The van der Waals surface area contributed by atoms with Crippen LogP contribution in [0.3, 0.4) is 0 Å².